The van der Waals surface area contributed by atoms with Crippen LogP contribution in [0.4, 0.5) is 11.4 Å². The smallest absolute Gasteiger partial charge is 0.267 e. The monoisotopic (exact) mass is 553 g/mol. The summed E-state index contributed by atoms with van der Waals surface area (Å²) >= 11 is 1.14. The van der Waals surface area contributed by atoms with Gasteiger partial charge in [-0.2, -0.15) is 0 Å². The summed E-state index contributed by atoms with van der Waals surface area (Å²) in [5.41, 5.74) is 2.85. The first kappa shape index (κ1) is 27.5. The summed E-state index contributed by atoms with van der Waals surface area (Å²) in [6.07, 6.45) is 6.89. The zero-order chi connectivity index (χ0) is 27.2. The molecule has 39 heavy (non-hydrogen) atoms. The van der Waals surface area contributed by atoms with Crippen molar-refractivity contribution >= 4 is 40.6 Å². The van der Waals surface area contributed by atoms with Crippen LogP contribution < -0.4 is 15.5 Å². The van der Waals surface area contributed by atoms with Crippen LogP contribution in [0.3, 0.4) is 0 Å². The van der Waals surface area contributed by atoms with Gasteiger partial charge in [0.25, 0.3) is 11.8 Å². The fourth-order valence-electron chi connectivity index (χ4n) is 5.81. The SMILES string of the molecule is Cc1nnsc1C(=O)N1CCCN(c2ccc(C(=O)N3CCCNCC3)cc2NC(=O)C2CCCCC2)CC1. The molecule has 1 saturated carbocycles. The molecule has 0 spiro atoms. The van der Waals surface area contributed by atoms with E-state index < -0.39 is 0 Å². The van der Waals surface area contributed by atoms with Crippen molar-refractivity contribution in [3.8, 4) is 0 Å². The molecule has 3 aliphatic rings. The van der Waals surface area contributed by atoms with Crippen LogP contribution in [0, 0.1) is 12.8 Å². The van der Waals surface area contributed by atoms with Crippen LogP contribution in [0.15, 0.2) is 18.2 Å². The van der Waals surface area contributed by atoms with Crippen molar-refractivity contribution in [3.05, 3.63) is 34.3 Å². The van der Waals surface area contributed by atoms with Gasteiger partial charge in [-0.15, -0.1) is 5.10 Å². The minimum Gasteiger partial charge on any atom is -0.368 e. The van der Waals surface area contributed by atoms with Gasteiger partial charge in [0.05, 0.1) is 17.1 Å². The van der Waals surface area contributed by atoms with Gasteiger partial charge < -0.3 is 25.3 Å². The third-order valence-electron chi connectivity index (χ3n) is 8.07. The summed E-state index contributed by atoms with van der Waals surface area (Å²) in [7, 11) is 0. The molecule has 5 rings (SSSR count). The van der Waals surface area contributed by atoms with Crippen LogP contribution in [0.2, 0.25) is 0 Å². The summed E-state index contributed by atoms with van der Waals surface area (Å²) in [4.78, 5) is 46.4. The molecule has 2 aromatic rings. The Kier molecular flexibility index (Phi) is 9.08. The van der Waals surface area contributed by atoms with E-state index >= 15 is 0 Å². The van der Waals surface area contributed by atoms with Crippen LogP contribution in [-0.2, 0) is 4.79 Å². The normalized spacial score (nSPS) is 19.4. The topological polar surface area (TPSA) is 111 Å². The molecule has 3 fully saturated rings. The number of hydrogen-bond acceptors (Lipinski definition) is 8. The van der Waals surface area contributed by atoms with Crippen LogP contribution in [0.25, 0.3) is 0 Å². The van der Waals surface area contributed by atoms with Gasteiger partial charge in [0, 0.05) is 57.3 Å². The second-order valence-corrected chi connectivity index (χ2v) is 11.5. The number of hydrogen-bond donors (Lipinski definition) is 2. The van der Waals surface area contributed by atoms with Crippen molar-refractivity contribution in [2.24, 2.45) is 5.92 Å². The van der Waals surface area contributed by atoms with Crippen LogP contribution in [0.1, 0.15) is 70.7 Å². The number of rotatable bonds is 5. The van der Waals surface area contributed by atoms with Gasteiger partial charge in [-0.1, -0.05) is 23.8 Å². The predicted molar refractivity (Wildman–Crippen MR) is 152 cm³/mol. The maximum absolute atomic E-state index is 13.4. The van der Waals surface area contributed by atoms with Crippen LogP contribution >= 0.6 is 11.5 Å². The van der Waals surface area contributed by atoms with E-state index in [2.05, 4.69) is 25.1 Å². The molecule has 3 heterocycles. The molecule has 0 radical (unpaired) electrons. The quantitative estimate of drug-likeness (QED) is 0.585. The number of nitrogens with one attached hydrogen (secondary N) is 2. The first-order valence-electron chi connectivity index (χ1n) is 14.3. The van der Waals surface area contributed by atoms with Gasteiger partial charge in [-0.3, -0.25) is 14.4 Å². The first-order valence-corrected chi connectivity index (χ1v) is 15.1. The Labute approximate surface area is 234 Å². The van der Waals surface area contributed by atoms with Crippen molar-refractivity contribution in [2.45, 2.75) is 51.9 Å². The standard InChI is InChI=1S/C28H39N7O3S/c1-20-25(39-32-31-20)28(38)35-15-6-14-33(17-18-35)24-10-9-22(27(37)34-13-5-11-29-12-16-34)19-23(24)30-26(36)21-7-3-2-4-8-21/h9-10,19,21,29H,2-8,11-18H2,1H3,(H,30,36). The van der Waals surface area contributed by atoms with E-state index in [1.807, 2.05) is 34.9 Å². The summed E-state index contributed by atoms with van der Waals surface area (Å²) in [5, 5.41) is 10.6. The zero-order valence-electron chi connectivity index (χ0n) is 22.8. The molecule has 2 aliphatic heterocycles. The van der Waals surface area contributed by atoms with Crippen LogP contribution in [0.5, 0.6) is 0 Å². The van der Waals surface area contributed by atoms with E-state index in [1.165, 1.54) is 6.42 Å². The Morgan fingerprint density at radius 3 is 2.49 bits per heavy atom. The van der Waals surface area contributed by atoms with E-state index in [0.717, 1.165) is 81.9 Å². The van der Waals surface area contributed by atoms with Gasteiger partial charge >= 0.3 is 0 Å². The molecule has 2 saturated heterocycles. The number of carbonyl (C=O) groups excluding carboxylic acids is 3. The number of benzene rings is 1. The molecule has 1 aliphatic carbocycles. The van der Waals surface area contributed by atoms with Crippen LogP contribution in [-0.4, -0.2) is 89.5 Å². The highest BCUT2D eigenvalue weighted by Crippen LogP contribution is 2.32. The van der Waals surface area contributed by atoms with Gasteiger partial charge in [0.15, 0.2) is 0 Å². The molecule has 0 atom stereocenters. The summed E-state index contributed by atoms with van der Waals surface area (Å²) in [6.45, 7) is 7.51. The first-order chi connectivity index (χ1) is 19.0. The molecule has 11 heteroatoms. The Hall–Kier alpha value is -3.05. The number of aryl methyl sites for hydroxylation is 1. The number of carbonyl (C=O) groups is 3. The lowest BCUT2D eigenvalue weighted by molar-refractivity contribution is -0.120. The largest absolute Gasteiger partial charge is 0.368 e. The van der Waals surface area contributed by atoms with Crippen molar-refractivity contribution in [3.63, 3.8) is 0 Å². The van der Waals surface area contributed by atoms with Gasteiger partial charge in [0.1, 0.15) is 4.88 Å². The Bertz CT molecular complexity index is 1170. The highest BCUT2D eigenvalue weighted by atomic mass is 32.1. The van der Waals surface area contributed by atoms with Crippen molar-refractivity contribution in [2.75, 3.05) is 62.6 Å². The molecule has 0 unspecified atom stereocenters. The van der Waals surface area contributed by atoms with E-state index in [-0.39, 0.29) is 23.6 Å². The lowest BCUT2D eigenvalue weighted by Gasteiger charge is -2.28. The summed E-state index contributed by atoms with van der Waals surface area (Å²) < 4.78 is 3.92. The third-order valence-corrected chi connectivity index (χ3v) is 8.89. The van der Waals surface area contributed by atoms with Crippen molar-refractivity contribution in [1.82, 2.24) is 24.7 Å². The Morgan fingerprint density at radius 2 is 1.69 bits per heavy atom. The molecule has 1 aromatic carbocycles. The molecule has 10 nitrogen and oxygen atoms in total. The molecular weight excluding hydrogens is 514 g/mol. The predicted octanol–water partition coefficient (Wildman–Crippen LogP) is 3.15. The number of nitrogens with zero attached hydrogens (tertiary/aromatic N) is 5. The lowest BCUT2D eigenvalue weighted by Crippen LogP contribution is -2.36. The number of aromatic nitrogens is 2. The Balaban J connectivity index is 1.36. The van der Waals surface area contributed by atoms with Gasteiger partial charge in [-0.25, -0.2) is 0 Å². The average molecular weight is 554 g/mol. The fraction of sp³-hybridized carbons (Fsp3) is 0.607. The van der Waals surface area contributed by atoms with Gasteiger partial charge in [-0.05, 0) is 68.9 Å². The maximum atomic E-state index is 13.4. The third kappa shape index (κ3) is 6.58. The number of amides is 3. The molecule has 3 amide bonds. The van der Waals surface area contributed by atoms with Gasteiger partial charge in [0.2, 0.25) is 5.91 Å². The molecule has 1 aromatic heterocycles. The van der Waals surface area contributed by atoms with E-state index in [4.69, 9.17) is 0 Å². The molecule has 210 valence electrons. The summed E-state index contributed by atoms with van der Waals surface area (Å²) in [5.74, 6) is 0.0260. The Morgan fingerprint density at radius 1 is 0.897 bits per heavy atom. The molecular formula is C28H39N7O3S. The molecule has 2 N–H and O–H groups in total. The van der Waals surface area contributed by atoms with E-state index in [0.29, 0.717) is 48.0 Å². The fourth-order valence-corrected chi connectivity index (χ4v) is 6.43. The van der Waals surface area contributed by atoms with E-state index in [9.17, 15) is 14.4 Å². The second-order valence-electron chi connectivity index (χ2n) is 10.8. The zero-order valence-corrected chi connectivity index (χ0v) is 23.6. The number of anilines is 2. The minimum absolute atomic E-state index is 0.000379. The van der Waals surface area contributed by atoms with Crippen molar-refractivity contribution < 1.29 is 14.4 Å². The summed E-state index contributed by atoms with van der Waals surface area (Å²) in [6, 6.07) is 5.71. The lowest BCUT2D eigenvalue weighted by atomic mass is 9.88. The van der Waals surface area contributed by atoms with E-state index in [1.54, 1.807) is 0 Å². The average Bonchev–Trinajstić information content (AvgIpc) is 3.15. The maximum Gasteiger partial charge on any atom is 0.267 e. The molecule has 0 bridgehead atoms. The minimum atomic E-state index is -0.0249. The van der Waals surface area contributed by atoms with Crippen molar-refractivity contribution in [1.29, 1.82) is 0 Å². The highest BCUT2D eigenvalue weighted by molar-refractivity contribution is 7.07. The highest BCUT2D eigenvalue weighted by Gasteiger charge is 2.27. The second kappa shape index (κ2) is 12.9.